The van der Waals surface area contributed by atoms with E-state index in [2.05, 4.69) is 10.3 Å². The minimum atomic E-state index is -0.916. The van der Waals surface area contributed by atoms with Gasteiger partial charge in [-0.2, -0.15) is 0 Å². The van der Waals surface area contributed by atoms with Gasteiger partial charge in [-0.15, -0.1) is 0 Å². The van der Waals surface area contributed by atoms with Gasteiger partial charge in [0.1, 0.15) is 5.52 Å². The maximum Gasteiger partial charge on any atom is 0.295 e. The number of aromatic nitrogens is 1. The molecule has 6 nitrogen and oxygen atoms in total. The first kappa shape index (κ1) is 14.4. The van der Waals surface area contributed by atoms with Crippen LogP contribution in [-0.4, -0.2) is 32.2 Å². The molecule has 0 fully saturated rings. The van der Waals surface area contributed by atoms with Crippen molar-refractivity contribution in [2.24, 2.45) is 0 Å². The molecule has 106 valence electrons. The van der Waals surface area contributed by atoms with Crippen molar-refractivity contribution in [1.82, 2.24) is 4.98 Å². The predicted molar refractivity (Wildman–Crippen MR) is 80.4 cm³/mol. The van der Waals surface area contributed by atoms with Gasteiger partial charge in [-0.3, -0.25) is 14.3 Å². The summed E-state index contributed by atoms with van der Waals surface area (Å²) in [5.41, 5.74) is 1.10. The SMILES string of the molecule is CC(CNc1ccnc2c([N+](=O)[O-])cccc12)S(C)=O. The summed E-state index contributed by atoms with van der Waals surface area (Å²) in [7, 11) is -0.916. The molecule has 0 saturated carbocycles. The molecule has 2 aromatic rings. The zero-order valence-corrected chi connectivity index (χ0v) is 12.0. The predicted octanol–water partition coefficient (Wildman–Crippen LogP) is 2.32. The first-order valence-electron chi connectivity index (χ1n) is 6.09. The number of pyridine rings is 1. The van der Waals surface area contributed by atoms with E-state index in [0.29, 0.717) is 17.4 Å². The topological polar surface area (TPSA) is 85.1 Å². The van der Waals surface area contributed by atoms with Crippen molar-refractivity contribution in [1.29, 1.82) is 0 Å². The summed E-state index contributed by atoms with van der Waals surface area (Å²) in [6.07, 6.45) is 3.19. The summed E-state index contributed by atoms with van der Waals surface area (Å²) in [6, 6.07) is 6.61. The highest BCUT2D eigenvalue weighted by molar-refractivity contribution is 7.84. The van der Waals surface area contributed by atoms with Crippen LogP contribution in [-0.2, 0) is 10.8 Å². The average molecular weight is 293 g/mol. The molecular weight excluding hydrogens is 278 g/mol. The van der Waals surface area contributed by atoms with Gasteiger partial charge in [-0.05, 0) is 13.0 Å². The maximum absolute atomic E-state index is 11.3. The van der Waals surface area contributed by atoms with Crippen molar-refractivity contribution in [2.75, 3.05) is 18.1 Å². The molecule has 20 heavy (non-hydrogen) atoms. The summed E-state index contributed by atoms with van der Waals surface area (Å²) < 4.78 is 11.3. The van der Waals surface area contributed by atoms with Gasteiger partial charge in [0.25, 0.3) is 5.69 Å². The Bertz CT molecular complexity index is 675. The Hall–Kier alpha value is -2.02. The van der Waals surface area contributed by atoms with Gasteiger partial charge in [-0.25, -0.2) is 4.98 Å². The van der Waals surface area contributed by atoms with Crippen molar-refractivity contribution in [3.63, 3.8) is 0 Å². The average Bonchev–Trinajstić information content (AvgIpc) is 2.43. The van der Waals surface area contributed by atoms with Crippen LogP contribution in [0.4, 0.5) is 11.4 Å². The summed E-state index contributed by atoms with van der Waals surface area (Å²) in [6.45, 7) is 2.42. The quantitative estimate of drug-likeness (QED) is 0.675. The van der Waals surface area contributed by atoms with Gasteiger partial charge in [0.15, 0.2) is 0 Å². The number of hydrogen-bond donors (Lipinski definition) is 1. The van der Waals surface area contributed by atoms with Crippen LogP contribution in [0.5, 0.6) is 0 Å². The molecule has 0 spiro atoms. The summed E-state index contributed by atoms with van der Waals surface area (Å²) in [4.78, 5) is 14.6. The third-order valence-electron chi connectivity index (χ3n) is 3.09. The molecule has 2 rings (SSSR count). The molecule has 7 heteroatoms. The summed E-state index contributed by atoms with van der Waals surface area (Å²) in [5.74, 6) is 0. The van der Waals surface area contributed by atoms with Crippen LogP contribution >= 0.6 is 0 Å². The number of benzene rings is 1. The second-order valence-electron chi connectivity index (χ2n) is 4.48. The van der Waals surface area contributed by atoms with Crippen molar-refractivity contribution in [2.45, 2.75) is 12.2 Å². The molecule has 0 bridgehead atoms. The Morgan fingerprint density at radius 1 is 1.45 bits per heavy atom. The first-order chi connectivity index (χ1) is 9.50. The maximum atomic E-state index is 11.3. The Kier molecular flexibility index (Phi) is 4.29. The number of fused-ring (bicyclic) bond motifs is 1. The van der Waals surface area contributed by atoms with Crippen LogP contribution in [0.2, 0.25) is 0 Å². The number of nitrogens with zero attached hydrogens (tertiary/aromatic N) is 2. The molecule has 1 aromatic heterocycles. The van der Waals surface area contributed by atoms with E-state index in [1.807, 2.05) is 6.92 Å². The highest BCUT2D eigenvalue weighted by Gasteiger charge is 2.14. The number of rotatable bonds is 5. The molecule has 2 atom stereocenters. The number of nitrogens with one attached hydrogen (secondary N) is 1. The molecule has 0 saturated heterocycles. The zero-order valence-electron chi connectivity index (χ0n) is 11.2. The minimum Gasteiger partial charge on any atom is -0.383 e. The van der Waals surface area contributed by atoms with Gasteiger partial charge in [0, 0.05) is 52.2 Å². The molecular formula is C13H15N3O3S. The molecule has 0 aliphatic carbocycles. The first-order valence-corrected chi connectivity index (χ1v) is 7.71. The Morgan fingerprint density at radius 3 is 2.85 bits per heavy atom. The molecule has 0 aliphatic heterocycles. The fourth-order valence-corrected chi connectivity index (χ4v) is 2.15. The minimum absolute atomic E-state index is 0.00286. The normalized spacial score (nSPS) is 13.9. The van der Waals surface area contributed by atoms with Gasteiger partial charge >= 0.3 is 0 Å². The Balaban J connectivity index is 2.38. The molecule has 2 unspecified atom stereocenters. The van der Waals surface area contributed by atoms with E-state index < -0.39 is 15.7 Å². The lowest BCUT2D eigenvalue weighted by atomic mass is 10.1. The lowest BCUT2D eigenvalue weighted by Gasteiger charge is -2.12. The third-order valence-corrected chi connectivity index (χ3v) is 4.39. The monoisotopic (exact) mass is 293 g/mol. The standard InChI is InChI=1S/C13H15N3O3S/c1-9(20(2)19)8-15-11-6-7-14-13-10(11)4-3-5-12(13)16(17)18/h3-7,9H,8H2,1-2H3,(H,14,15). The lowest BCUT2D eigenvalue weighted by molar-refractivity contribution is -0.383. The van der Waals surface area contributed by atoms with Crippen LogP contribution in [0.1, 0.15) is 6.92 Å². The number of hydrogen-bond acceptors (Lipinski definition) is 5. The van der Waals surface area contributed by atoms with Gasteiger partial charge < -0.3 is 5.32 Å². The van der Waals surface area contributed by atoms with Crippen molar-refractivity contribution >= 4 is 33.1 Å². The van der Waals surface area contributed by atoms with E-state index in [9.17, 15) is 14.3 Å². The van der Waals surface area contributed by atoms with E-state index in [1.54, 1.807) is 24.5 Å². The smallest absolute Gasteiger partial charge is 0.295 e. The van der Waals surface area contributed by atoms with E-state index in [0.717, 1.165) is 5.69 Å². The highest BCUT2D eigenvalue weighted by atomic mass is 32.2. The van der Waals surface area contributed by atoms with Crippen LogP contribution in [0.15, 0.2) is 30.5 Å². The fourth-order valence-electron chi connectivity index (χ4n) is 1.83. The fraction of sp³-hybridized carbons (Fsp3) is 0.308. The zero-order chi connectivity index (χ0) is 14.7. The number of nitro groups is 1. The number of anilines is 1. The third kappa shape index (κ3) is 2.93. The van der Waals surface area contributed by atoms with Crippen LogP contribution < -0.4 is 5.32 Å². The molecule has 1 N–H and O–H groups in total. The van der Waals surface area contributed by atoms with Crippen molar-refractivity contribution < 1.29 is 9.13 Å². The number of non-ortho nitro benzene ring substituents is 1. The molecule has 0 radical (unpaired) electrons. The molecule has 0 amide bonds. The second-order valence-corrected chi connectivity index (χ2v) is 6.28. The van der Waals surface area contributed by atoms with E-state index in [-0.39, 0.29) is 10.9 Å². The lowest BCUT2D eigenvalue weighted by Crippen LogP contribution is -2.20. The van der Waals surface area contributed by atoms with E-state index in [4.69, 9.17) is 0 Å². The molecule has 1 aromatic carbocycles. The summed E-state index contributed by atoms with van der Waals surface area (Å²) in [5, 5.41) is 14.9. The van der Waals surface area contributed by atoms with Crippen molar-refractivity contribution in [3.8, 4) is 0 Å². The number of para-hydroxylation sites is 1. The second kappa shape index (κ2) is 5.96. The van der Waals surface area contributed by atoms with Crippen LogP contribution in [0.3, 0.4) is 0 Å². The summed E-state index contributed by atoms with van der Waals surface area (Å²) >= 11 is 0. The largest absolute Gasteiger partial charge is 0.383 e. The highest BCUT2D eigenvalue weighted by Crippen LogP contribution is 2.28. The molecule has 1 heterocycles. The Labute approximate surface area is 118 Å². The van der Waals surface area contributed by atoms with Gasteiger partial charge in [0.05, 0.1) is 4.92 Å². The van der Waals surface area contributed by atoms with Crippen LogP contribution in [0, 0.1) is 10.1 Å². The molecule has 0 aliphatic rings. The number of nitro benzene ring substituents is 1. The van der Waals surface area contributed by atoms with Gasteiger partial charge in [0.2, 0.25) is 0 Å². The van der Waals surface area contributed by atoms with Crippen LogP contribution in [0.25, 0.3) is 10.9 Å². The Morgan fingerprint density at radius 2 is 2.20 bits per heavy atom. The van der Waals surface area contributed by atoms with Gasteiger partial charge in [-0.1, -0.05) is 12.1 Å². The van der Waals surface area contributed by atoms with E-state index >= 15 is 0 Å². The van der Waals surface area contributed by atoms with Crippen molar-refractivity contribution in [3.05, 3.63) is 40.6 Å². The van der Waals surface area contributed by atoms with E-state index in [1.165, 1.54) is 12.3 Å².